The van der Waals surface area contributed by atoms with Crippen LogP contribution in [-0.4, -0.2) is 16.6 Å². The summed E-state index contributed by atoms with van der Waals surface area (Å²) in [6, 6.07) is 18.8. The molecule has 1 aromatic heterocycles. The molecule has 40 heavy (non-hydrogen) atoms. The van der Waals surface area contributed by atoms with Crippen LogP contribution in [0, 0.1) is 37.7 Å². The Kier molecular flexibility index (Phi) is 13.9. The van der Waals surface area contributed by atoms with E-state index in [9.17, 15) is 9.59 Å². The van der Waals surface area contributed by atoms with E-state index in [0.717, 1.165) is 48.4 Å². The normalized spacial score (nSPS) is 13.4. The van der Waals surface area contributed by atoms with Crippen LogP contribution >= 0.6 is 0 Å². The zero-order valence-corrected chi connectivity index (χ0v) is 28.0. The van der Waals surface area contributed by atoms with E-state index in [2.05, 4.69) is 62.4 Å². The van der Waals surface area contributed by atoms with Crippen molar-refractivity contribution < 1.29 is 29.7 Å². The van der Waals surface area contributed by atoms with E-state index >= 15 is 0 Å². The van der Waals surface area contributed by atoms with Crippen LogP contribution in [0.1, 0.15) is 109 Å². The molecule has 4 rings (SSSR count). The van der Waals surface area contributed by atoms with Crippen LogP contribution in [0.2, 0.25) is 0 Å². The fourth-order valence-electron chi connectivity index (χ4n) is 6.18. The molecule has 1 fully saturated rings. The summed E-state index contributed by atoms with van der Waals surface area (Å²) < 4.78 is 0. The van der Waals surface area contributed by atoms with Crippen molar-refractivity contribution in [3.8, 4) is 11.3 Å². The number of hydrogen-bond donors (Lipinski definition) is 0. The molecule has 1 aliphatic carbocycles. The molecule has 1 saturated carbocycles. The molecule has 4 heteroatoms. The number of ketones is 2. The summed E-state index contributed by atoms with van der Waals surface area (Å²) in [5.41, 5.74) is 7.14. The molecule has 0 N–H and O–H groups in total. The van der Waals surface area contributed by atoms with Crippen molar-refractivity contribution in [3.05, 3.63) is 65.2 Å². The van der Waals surface area contributed by atoms with E-state index in [1.165, 1.54) is 47.8 Å². The van der Waals surface area contributed by atoms with Gasteiger partial charge >= 0.3 is 0 Å². The third kappa shape index (κ3) is 8.43. The summed E-state index contributed by atoms with van der Waals surface area (Å²) in [4.78, 5) is 29.1. The van der Waals surface area contributed by atoms with Gasteiger partial charge in [0.2, 0.25) is 0 Å². The first-order valence-corrected chi connectivity index (χ1v) is 15.2. The molecule has 0 bridgehead atoms. The third-order valence-electron chi connectivity index (χ3n) is 8.61. The van der Waals surface area contributed by atoms with Crippen LogP contribution < -0.4 is 0 Å². The molecule has 0 spiro atoms. The Balaban J connectivity index is 0.000000294. The van der Waals surface area contributed by atoms with Gasteiger partial charge in [-0.2, -0.15) is 0 Å². The number of carbonyl (C=O) groups is 2. The average Bonchev–Trinajstić information content (AvgIpc) is 3.48. The summed E-state index contributed by atoms with van der Waals surface area (Å²) in [6.45, 7) is 14.1. The predicted octanol–water partition coefficient (Wildman–Crippen LogP) is 9.61. The summed E-state index contributed by atoms with van der Waals surface area (Å²) in [7, 11) is 0. The minimum Gasteiger partial charge on any atom is -0.299 e. The zero-order chi connectivity index (χ0) is 28.5. The number of Topliss-reactive ketones (excluding diaryl/α,β-unsaturated/α-hetero) is 2. The summed E-state index contributed by atoms with van der Waals surface area (Å²) in [5.74, 6) is 0.722. The number of nitrogens with zero attached hydrogens (tertiary/aromatic N) is 1. The Morgan fingerprint density at radius 1 is 0.875 bits per heavy atom. The minimum atomic E-state index is -0.408. The van der Waals surface area contributed by atoms with E-state index in [1.54, 1.807) is 6.92 Å². The Morgan fingerprint density at radius 2 is 1.45 bits per heavy atom. The maximum Gasteiger partial charge on any atom is 0.146 e. The average molecular weight is 719 g/mol. The van der Waals surface area contributed by atoms with Gasteiger partial charge in [0.05, 0.1) is 11.4 Å². The summed E-state index contributed by atoms with van der Waals surface area (Å²) in [5, 5.41) is 1.33. The van der Waals surface area contributed by atoms with Crippen LogP contribution in [0.15, 0.2) is 42.5 Å². The number of fused-ring (bicyclic) bond motifs is 1. The first-order valence-electron chi connectivity index (χ1n) is 15.2. The molecule has 2 aromatic carbocycles. The first-order chi connectivity index (χ1) is 18.7. The summed E-state index contributed by atoms with van der Waals surface area (Å²) >= 11 is 0. The van der Waals surface area contributed by atoms with E-state index in [-0.39, 0.29) is 43.5 Å². The number of hydrogen-bond acceptors (Lipinski definition) is 3. The Hall–Kier alpha value is -2.16. The molecule has 3 aromatic rings. The SMILES string of the molecule is CCC(CC)C(=O)C(C)C(=O)C(CC)CC.Cc1[c-]c(-c2ccc3c(C4CCCC4)cccc3n2)cc(C)c1.[Ir]. The van der Waals surface area contributed by atoms with Crippen molar-refractivity contribution >= 4 is 22.5 Å². The second-order valence-corrected chi connectivity index (χ2v) is 11.4. The minimum absolute atomic E-state index is 0. The van der Waals surface area contributed by atoms with Crippen molar-refractivity contribution in [2.24, 2.45) is 17.8 Å². The molecule has 219 valence electrons. The van der Waals surface area contributed by atoms with Gasteiger partial charge in [-0.1, -0.05) is 78.6 Å². The second-order valence-electron chi connectivity index (χ2n) is 11.4. The molecule has 3 nitrogen and oxygen atoms in total. The number of rotatable bonds is 10. The molecular formula is C36H48IrNO2-. The number of benzene rings is 2. The van der Waals surface area contributed by atoms with E-state index in [4.69, 9.17) is 4.98 Å². The van der Waals surface area contributed by atoms with Gasteiger partial charge in [-0.15, -0.1) is 34.9 Å². The van der Waals surface area contributed by atoms with Crippen LogP contribution in [-0.2, 0) is 29.7 Å². The van der Waals surface area contributed by atoms with Crippen molar-refractivity contribution in [2.45, 2.75) is 106 Å². The van der Waals surface area contributed by atoms with Gasteiger partial charge in [0, 0.05) is 37.3 Å². The quantitative estimate of drug-likeness (QED) is 0.155. The monoisotopic (exact) mass is 719 g/mol. The fraction of sp³-hybridized carbons (Fsp3) is 0.528. The van der Waals surface area contributed by atoms with Gasteiger partial charge in [0.1, 0.15) is 11.6 Å². The third-order valence-corrected chi connectivity index (χ3v) is 8.61. The maximum atomic E-state index is 12.1. The van der Waals surface area contributed by atoms with Gasteiger partial charge in [-0.3, -0.25) is 14.6 Å². The molecule has 1 radical (unpaired) electrons. The van der Waals surface area contributed by atoms with Crippen molar-refractivity contribution in [1.29, 1.82) is 0 Å². The molecule has 0 unspecified atom stereocenters. The van der Waals surface area contributed by atoms with Crippen LogP contribution in [0.3, 0.4) is 0 Å². The van der Waals surface area contributed by atoms with E-state index < -0.39 is 5.92 Å². The van der Waals surface area contributed by atoms with Crippen LogP contribution in [0.5, 0.6) is 0 Å². The Bertz CT molecular complexity index is 1210. The number of aromatic nitrogens is 1. The first kappa shape index (κ1) is 34.0. The van der Waals surface area contributed by atoms with Crippen molar-refractivity contribution in [2.75, 3.05) is 0 Å². The zero-order valence-electron chi connectivity index (χ0n) is 25.6. The second kappa shape index (κ2) is 16.3. The van der Waals surface area contributed by atoms with Gasteiger partial charge < -0.3 is 0 Å². The topological polar surface area (TPSA) is 47.0 Å². The Labute approximate surface area is 256 Å². The molecule has 0 aliphatic heterocycles. The summed E-state index contributed by atoms with van der Waals surface area (Å²) in [6.07, 6.45) is 8.75. The molecular weight excluding hydrogens is 671 g/mol. The van der Waals surface area contributed by atoms with Gasteiger partial charge in [-0.25, -0.2) is 0 Å². The molecule has 0 atom stereocenters. The molecule has 1 heterocycles. The smallest absolute Gasteiger partial charge is 0.146 e. The predicted molar refractivity (Wildman–Crippen MR) is 164 cm³/mol. The molecule has 1 aliphatic rings. The van der Waals surface area contributed by atoms with E-state index in [1.807, 2.05) is 27.7 Å². The van der Waals surface area contributed by atoms with Crippen LogP contribution in [0.25, 0.3) is 22.2 Å². The fourth-order valence-corrected chi connectivity index (χ4v) is 6.18. The number of aryl methyl sites for hydroxylation is 2. The van der Waals surface area contributed by atoms with Crippen molar-refractivity contribution in [1.82, 2.24) is 4.98 Å². The van der Waals surface area contributed by atoms with E-state index in [0.29, 0.717) is 0 Å². The van der Waals surface area contributed by atoms with Gasteiger partial charge in [0.15, 0.2) is 0 Å². The number of carbonyl (C=O) groups excluding carboxylic acids is 2. The largest absolute Gasteiger partial charge is 0.299 e. The Morgan fingerprint density at radius 3 is 1.98 bits per heavy atom. The van der Waals surface area contributed by atoms with Gasteiger partial charge in [-0.05, 0) is 68.7 Å². The standard InChI is InChI=1S/C22H22N.C14H26O2.Ir/c1-15-12-16(2)14-18(13-15)21-11-10-20-19(17-6-3-4-7-17)8-5-9-22(20)23-21;1-6-11(7-2)13(15)10(5)14(16)12(8-3)9-4;/h5,8-13,17H,3-4,6-7H2,1-2H3;10-12H,6-9H2,1-5H3;/q-1;;. The number of pyridine rings is 1. The maximum absolute atomic E-state index is 12.1. The molecule has 0 saturated heterocycles. The van der Waals surface area contributed by atoms with Crippen LogP contribution in [0.4, 0.5) is 0 Å². The van der Waals surface area contributed by atoms with Gasteiger partial charge in [0.25, 0.3) is 0 Å². The van der Waals surface area contributed by atoms with Crippen molar-refractivity contribution in [3.63, 3.8) is 0 Å². The molecule has 0 amide bonds.